The van der Waals surface area contributed by atoms with E-state index in [9.17, 15) is 9.59 Å². The third kappa shape index (κ3) is 7.89. The molecular formula is C24H33Cl2N3O2. The Morgan fingerprint density at radius 1 is 1.03 bits per heavy atom. The van der Waals surface area contributed by atoms with Crippen LogP contribution >= 0.6 is 23.2 Å². The maximum Gasteiger partial charge on any atom is 0.256 e. The first kappa shape index (κ1) is 25.3. The number of carbonyl (C=O) groups excluding carboxylic acids is 2. The van der Waals surface area contributed by atoms with Crippen molar-refractivity contribution in [2.45, 2.75) is 58.0 Å². The van der Waals surface area contributed by atoms with Crippen molar-refractivity contribution >= 4 is 35.0 Å². The Morgan fingerprint density at radius 3 is 2.45 bits per heavy atom. The normalized spacial score (nSPS) is 11.0. The van der Waals surface area contributed by atoms with E-state index in [4.69, 9.17) is 23.2 Å². The molecule has 1 aromatic heterocycles. The quantitative estimate of drug-likeness (QED) is 0.413. The number of amides is 2. The van der Waals surface area contributed by atoms with E-state index in [0.29, 0.717) is 19.6 Å². The first-order chi connectivity index (χ1) is 14.8. The average Bonchev–Trinajstić information content (AvgIpc) is 3.16. The summed E-state index contributed by atoms with van der Waals surface area (Å²) >= 11 is 11.6. The summed E-state index contributed by atoms with van der Waals surface area (Å²) in [7, 11) is 0. The summed E-state index contributed by atoms with van der Waals surface area (Å²) in [6.45, 7) is 8.47. The molecule has 0 aliphatic rings. The second-order valence-corrected chi connectivity index (χ2v) is 8.94. The van der Waals surface area contributed by atoms with Crippen LogP contribution in [0.15, 0.2) is 42.6 Å². The second kappa shape index (κ2) is 12.8. The molecular weight excluding hydrogens is 433 g/mol. The van der Waals surface area contributed by atoms with Crippen molar-refractivity contribution in [2.75, 3.05) is 19.6 Å². The van der Waals surface area contributed by atoms with Crippen LogP contribution in [0, 0.1) is 6.92 Å². The van der Waals surface area contributed by atoms with Crippen LogP contribution in [0.3, 0.4) is 0 Å². The summed E-state index contributed by atoms with van der Waals surface area (Å²) < 4.78 is 2.17. The minimum absolute atomic E-state index is 0.00901. The minimum Gasteiger partial charge on any atom is -0.345 e. The molecule has 31 heavy (non-hydrogen) atoms. The summed E-state index contributed by atoms with van der Waals surface area (Å²) in [5.74, 6) is -0.510. The van der Waals surface area contributed by atoms with Crippen molar-refractivity contribution in [3.8, 4) is 0 Å². The first-order valence-corrected chi connectivity index (χ1v) is 11.8. The number of aromatic nitrogens is 1. The standard InChI is InChI=1S/C24H33Cl2N3O2/c1-4-6-13-28(22(30)18-29(12-5-2)24(31)23(25)26)17-21-11-8-14-27(21)16-20-10-7-9-19(3)15-20/h7-11,14-15,23H,4-6,12-13,16-18H2,1-3H3. The molecule has 2 amide bonds. The average molecular weight is 466 g/mol. The summed E-state index contributed by atoms with van der Waals surface area (Å²) in [6, 6.07) is 12.5. The van der Waals surface area contributed by atoms with Crippen LogP contribution < -0.4 is 0 Å². The number of halogens is 2. The molecule has 0 spiro atoms. The van der Waals surface area contributed by atoms with Gasteiger partial charge < -0.3 is 14.4 Å². The Balaban J connectivity index is 2.15. The van der Waals surface area contributed by atoms with Crippen LogP contribution in [-0.4, -0.2) is 50.7 Å². The Hall–Kier alpha value is -1.98. The van der Waals surface area contributed by atoms with E-state index >= 15 is 0 Å². The van der Waals surface area contributed by atoms with Gasteiger partial charge in [0.15, 0.2) is 4.84 Å². The fourth-order valence-corrected chi connectivity index (χ4v) is 3.81. The highest BCUT2D eigenvalue weighted by Crippen LogP contribution is 2.14. The van der Waals surface area contributed by atoms with E-state index in [1.807, 2.05) is 30.2 Å². The molecule has 1 heterocycles. The lowest BCUT2D eigenvalue weighted by Gasteiger charge is -2.28. The molecule has 2 rings (SSSR count). The number of rotatable bonds is 12. The van der Waals surface area contributed by atoms with Crippen molar-refractivity contribution < 1.29 is 9.59 Å². The maximum absolute atomic E-state index is 13.1. The van der Waals surface area contributed by atoms with Crippen LogP contribution in [0.25, 0.3) is 0 Å². The summed E-state index contributed by atoms with van der Waals surface area (Å²) in [4.78, 5) is 27.6. The molecule has 0 radical (unpaired) electrons. The largest absolute Gasteiger partial charge is 0.345 e. The number of hydrogen-bond acceptors (Lipinski definition) is 2. The molecule has 0 saturated carbocycles. The predicted molar refractivity (Wildman–Crippen MR) is 127 cm³/mol. The smallest absolute Gasteiger partial charge is 0.256 e. The van der Waals surface area contributed by atoms with Crippen LogP contribution in [-0.2, 0) is 22.7 Å². The number of alkyl halides is 2. The van der Waals surface area contributed by atoms with Crippen molar-refractivity contribution in [3.63, 3.8) is 0 Å². The van der Waals surface area contributed by atoms with Crippen LogP contribution in [0.2, 0.25) is 0 Å². The van der Waals surface area contributed by atoms with Gasteiger partial charge in [-0.15, -0.1) is 0 Å². The Kier molecular flexibility index (Phi) is 10.4. The monoisotopic (exact) mass is 465 g/mol. The molecule has 0 fully saturated rings. The minimum atomic E-state index is -1.16. The van der Waals surface area contributed by atoms with E-state index in [-0.39, 0.29) is 12.5 Å². The van der Waals surface area contributed by atoms with Gasteiger partial charge >= 0.3 is 0 Å². The number of benzene rings is 1. The van der Waals surface area contributed by atoms with Gasteiger partial charge in [-0.25, -0.2) is 0 Å². The van der Waals surface area contributed by atoms with Gasteiger partial charge in [0, 0.05) is 31.5 Å². The third-order valence-corrected chi connectivity index (χ3v) is 5.54. The molecule has 0 saturated heterocycles. The molecule has 0 unspecified atom stereocenters. The van der Waals surface area contributed by atoms with E-state index in [0.717, 1.165) is 31.5 Å². The molecule has 7 heteroatoms. The Bertz CT molecular complexity index is 851. The summed E-state index contributed by atoms with van der Waals surface area (Å²) in [5, 5.41) is 0. The first-order valence-electron chi connectivity index (χ1n) is 10.9. The van der Waals surface area contributed by atoms with Gasteiger partial charge in [0.2, 0.25) is 5.91 Å². The number of carbonyl (C=O) groups is 2. The molecule has 5 nitrogen and oxygen atoms in total. The van der Waals surface area contributed by atoms with Crippen molar-refractivity contribution in [3.05, 3.63) is 59.4 Å². The number of nitrogens with zero attached hydrogens (tertiary/aromatic N) is 3. The fraction of sp³-hybridized carbons (Fsp3) is 0.500. The molecule has 1 aromatic carbocycles. The van der Waals surface area contributed by atoms with Gasteiger partial charge in [0.05, 0.1) is 13.1 Å². The molecule has 2 aromatic rings. The Morgan fingerprint density at radius 2 is 1.81 bits per heavy atom. The number of unbranched alkanes of at least 4 members (excludes halogenated alkanes) is 1. The van der Waals surface area contributed by atoms with E-state index in [1.54, 1.807) is 0 Å². The molecule has 0 atom stereocenters. The number of aryl methyl sites for hydroxylation is 1. The van der Waals surface area contributed by atoms with Crippen molar-refractivity contribution in [1.29, 1.82) is 0 Å². The zero-order chi connectivity index (χ0) is 22.8. The molecule has 0 aliphatic heterocycles. The zero-order valence-electron chi connectivity index (χ0n) is 18.7. The lowest BCUT2D eigenvalue weighted by molar-refractivity contribution is -0.140. The Labute approximate surface area is 195 Å². The highest BCUT2D eigenvalue weighted by atomic mass is 35.5. The molecule has 0 aliphatic carbocycles. The molecule has 170 valence electrons. The van der Waals surface area contributed by atoms with Gasteiger partial charge in [0.25, 0.3) is 5.91 Å². The SMILES string of the molecule is CCCCN(Cc1cccn1Cc1cccc(C)c1)C(=O)CN(CCC)C(=O)C(Cl)Cl. The van der Waals surface area contributed by atoms with Gasteiger partial charge in [-0.05, 0) is 37.5 Å². The van der Waals surface area contributed by atoms with Crippen LogP contribution in [0.4, 0.5) is 0 Å². The zero-order valence-corrected chi connectivity index (χ0v) is 20.2. The van der Waals surface area contributed by atoms with Crippen molar-refractivity contribution in [2.24, 2.45) is 0 Å². The second-order valence-electron chi connectivity index (χ2n) is 7.85. The van der Waals surface area contributed by atoms with Gasteiger partial charge in [-0.2, -0.15) is 0 Å². The van der Waals surface area contributed by atoms with E-state index in [2.05, 4.69) is 42.7 Å². The lowest BCUT2D eigenvalue weighted by Crippen LogP contribution is -2.45. The maximum atomic E-state index is 13.1. The van der Waals surface area contributed by atoms with Gasteiger partial charge in [-0.3, -0.25) is 9.59 Å². The van der Waals surface area contributed by atoms with Crippen LogP contribution in [0.5, 0.6) is 0 Å². The van der Waals surface area contributed by atoms with Crippen LogP contribution in [0.1, 0.15) is 49.9 Å². The lowest BCUT2D eigenvalue weighted by atomic mass is 10.1. The van der Waals surface area contributed by atoms with Gasteiger partial charge in [-0.1, -0.05) is 73.3 Å². The third-order valence-electron chi connectivity index (χ3n) is 5.16. The molecule has 0 N–H and O–H groups in total. The van der Waals surface area contributed by atoms with E-state index < -0.39 is 10.7 Å². The highest BCUT2D eigenvalue weighted by Gasteiger charge is 2.24. The van der Waals surface area contributed by atoms with E-state index in [1.165, 1.54) is 16.0 Å². The topological polar surface area (TPSA) is 45.6 Å². The summed E-state index contributed by atoms with van der Waals surface area (Å²) in [6.07, 6.45) is 4.66. The summed E-state index contributed by atoms with van der Waals surface area (Å²) in [5.41, 5.74) is 3.51. The van der Waals surface area contributed by atoms with Gasteiger partial charge in [0.1, 0.15) is 0 Å². The fourth-order valence-electron chi connectivity index (χ4n) is 3.53. The predicted octanol–water partition coefficient (Wildman–Crippen LogP) is 5.02. The highest BCUT2D eigenvalue weighted by molar-refractivity contribution is 6.53. The van der Waals surface area contributed by atoms with Crippen molar-refractivity contribution in [1.82, 2.24) is 14.4 Å². The molecule has 0 bridgehead atoms. The number of hydrogen-bond donors (Lipinski definition) is 0.